The second-order valence-corrected chi connectivity index (χ2v) is 6.78. The molecule has 0 spiro atoms. The fourth-order valence-corrected chi connectivity index (χ4v) is 2.89. The maximum Gasteiger partial charge on any atom is 0.298 e. The molecule has 0 aliphatic heterocycles. The van der Waals surface area contributed by atoms with Crippen molar-refractivity contribution in [3.05, 3.63) is 24.3 Å². The van der Waals surface area contributed by atoms with Gasteiger partial charge in [-0.15, -0.1) is 0 Å². The van der Waals surface area contributed by atoms with Crippen molar-refractivity contribution in [1.29, 1.82) is 0 Å². The van der Waals surface area contributed by atoms with Gasteiger partial charge in [-0.3, -0.25) is 9.11 Å². The third-order valence-corrected chi connectivity index (χ3v) is 4.37. The number of phenols is 1. The highest BCUT2D eigenvalue weighted by Gasteiger charge is 2.21. The van der Waals surface area contributed by atoms with E-state index in [1.54, 1.807) is 0 Å². The van der Waals surface area contributed by atoms with E-state index >= 15 is 0 Å². The first kappa shape index (κ1) is 14.5. The molecule has 0 saturated carbocycles. The number of anilines is 1. The molecule has 0 fully saturated rings. The summed E-state index contributed by atoms with van der Waals surface area (Å²) in [6.45, 7) is 0. The highest BCUT2D eigenvalue weighted by Crippen LogP contribution is 2.36. The Bertz CT molecular complexity index is 916. The first-order valence-corrected chi connectivity index (χ1v) is 7.90. The number of nitrogen functional groups attached to an aromatic ring is 1. The molecule has 5 N–H and O–H groups in total. The quantitative estimate of drug-likeness (QED) is 0.356. The zero-order valence-corrected chi connectivity index (χ0v) is 11.3. The van der Waals surface area contributed by atoms with E-state index in [0.717, 1.165) is 18.2 Å². The summed E-state index contributed by atoms with van der Waals surface area (Å²) in [6.07, 6.45) is 0. The molecule has 0 unspecified atom stereocenters. The van der Waals surface area contributed by atoms with Crippen LogP contribution in [0.15, 0.2) is 34.1 Å². The van der Waals surface area contributed by atoms with Crippen LogP contribution in [0.1, 0.15) is 0 Å². The molecule has 2 aromatic carbocycles. The Morgan fingerprint density at radius 2 is 1.50 bits per heavy atom. The van der Waals surface area contributed by atoms with Gasteiger partial charge in [0.05, 0.1) is 4.90 Å². The standard InChI is InChI=1S/C10H9NO7S2/c11-8-4-9(20(16,17)18)10(12)7-3-5(19(13,14)15)1-2-6(7)8/h1-4,12H,11H2,(H,13,14,15)(H,16,17,18). The number of hydrogen-bond donors (Lipinski definition) is 4. The van der Waals surface area contributed by atoms with Gasteiger partial charge < -0.3 is 10.8 Å². The number of hydrogen-bond acceptors (Lipinski definition) is 6. The molecule has 10 heteroatoms. The maximum atomic E-state index is 11.1. The topological polar surface area (TPSA) is 155 Å². The van der Waals surface area contributed by atoms with Gasteiger partial charge in [0.25, 0.3) is 20.2 Å². The Labute approximate surface area is 114 Å². The number of rotatable bonds is 2. The number of nitrogens with two attached hydrogens (primary N) is 1. The minimum absolute atomic E-state index is 0.0905. The van der Waals surface area contributed by atoms with Gasteiger partial charge >= 0.3 is 0 Å². The van der Waals surface area contributed by atoms with Crippen molar-refractivity contribution in [3.63, 3.8) is 0 Å². The van der Waals surface area contributed by atoms with Crippen LogP contribution in [0.25, 0.3) is 10.8 Å². The molecule has 2 rings (SSSR count). The molecular weight excluding hydrogens is 310 g/mol. The van der Waals surface area contributed by atoms with Crippen LogP contribution in [0.5, 0.6) is 5.75 Å². The zero-order valence-electron chi connectivity index (χ0n) is 9.68. The summed E-state index contributed by atoms with van der Waals surface area (Å²) in [5.74, 6) is -0.859. The monoisotopic (exact) mass is 319 g/mol. The van der Waals surface area contributed by atoms with Crippen molar-refractivity contribution >= 4 is 36.7 Å². The van der Waals surface area contributed by atoms with Gasteiger partial charge in [0.2, 0.25) is 0 Å². The number of benzene rings is 2. The van der Waals surface area contributed by atoms with Gasteiger partial charge in [-0.25, -0.2) is 0 Å². The SMILES string of the molecule is Nc1cc(S(=O)(=O)O)c(O)c2cc(S(=O)(=O)O)ccc12. The molecule has 0 atom stereocenters. The van der Waals surface area contributed by atoms with Gasteiger partial charge in [-0.2, -0.15) is 16.8 Å². The first-order valence-electron chi connectivity index (χ1n) is 5.02. The Hall–Kier alpha value is -1.88. The molecule has 2 aromatic rings. The van der Waals surface area contributed by atoms with Crippen molar-refractivity contribution in [2.24, 2.45) is 0 Å². The van der Waals surface area contributed by atoms with Gasteiger partial charge in [-0.1, -0.05) is 6.07 Å². The van der Waals surface area contributed by atoms with Crippen LogP contribution in [0, 0.1) is 0 Å². The van der Waals surface area contributed by atoms with Gasteiger partial charge in [0.15, 0.2) is 0 Å². The summed E-state index contributed by atoms with van der Waals surface area (Å²) in [4.78, 5) is -1.40. The van der Waals surface area contributed by atoms with Crippen LogP contribution < -0.4 is 5.73 Å². The largest absolute Gasteiger partial charge is 0.506 e. The average Bonchev–Trinajstić information content (AvgIpc) is 2.30. The van der Waals surface area contributed by atoms with E-state index in [1.807, 2.05) is 0 Å². The van der Waals surface area contributed by atoms with E-state index in [2.05, 4.69) is 0 Å². The number of fused-ring (bicyclic) bond motifs is 1. The summed E-state index contributed by atoms with van der Waals surface area (Å²) in [5, 5.41) is 9.77. The van der Waals surface area contributed by atoms with Gasteiger partial charge in [0, 0.05) is 16.5 Å². The van der Waals surface area contributed by atoms with Gasteiger partial charge in [0.1, 0.15) is 10.6 Å². The Kier molecular flexibility index (Phi) is 3.13. The highest BCUT2D eigenvalue weighted by atomic mass is 32.2. The maximum absolute atomic E-state index is 11.1. The van der Waals surface area contributed by atoms with Crippen molar-refractivity contribution in [3.8, 4) is 5.75 Å². The highest BCUT2D eigenvalue weighted by molar-refractivity contribution is 7.86. The summed E-state index contributed by atoms with van der Waals surface area (Å²) >= 11 is 0. The van der Waals surface area contributed by atoms with Crippen LogP contribution in [0.2, 0.25) is 0 Å². The molecule has 0 saturated heterocycles. The minimum atomic E-state index is -4.74. The molecule has 0 aromatic heterocycles. The molecule has 108 valence electrons. The molecule has 0 bridgehead atoms. The van der Waals surface area contributed by atoms with E-state index < -0.39 is 35.8 Å². The molecular formula is C10H9NO7S2. The lowest BCUT2D eigenvalue weighted by molar-refractivity contribution is 0.448. The van der Waals surface area contributed by atoms with Crippen LogP contribution >= 0.6 is 0 Å². The van der Waals surface area contributed by atoms with Crippen molar-refractivity contribution < 1.29 is 31.0 Å². The second kappa shape index (κ2) is 4.31. The summed E-state index contributed by atoms with van der Waals surface area (Å²) in [5.41, 5.74) is 5.49. The lowest BCUT2D eigenvalue weighted by atomic mass is 10.1. The minimum Gasteiger partial charge on any atom is -0.506 e. The molecule has 0 aliphatic rings. The normalized spacial score (nSPS) is 12.7. The van der Waals surface area contributed by atoms with Crippen molar-refractivity contribution in [2.75, 3.05) is 5.73 Å². The Morgan fingerprint density at radius 1 is 0.900 bits per heavy atom. The fourth-order valence-electron chi connectivity index (χ4n) is 1.75. The number of phenolic OH excluding ortho intramolecular Hbond substituents is 1. The summed E-state index contributed by atoms with van der Waals surface area (Å²) < 4.78 is 62.2. The van der Waals surface area contributed by atoms with E-state index in [1.165, 1.54) is 6.07 Å². The predicted molar refractivity (Wildman–Crippen MR) is 69.7 cm³/mol. The van der Waals surface area contributed by atoms with Crippen LogP contribution in [-0.2, 0) is 20.2 Å². The zero-order chi connectivity index (χ0) is 15.3. The third kappa shape index (κ3) is 2.41. The van der Waals surface area contributed by atoms with Crippen LogP contribution in [0.3, 0.4) is 0 Å². The second-order valence-electron chi connectivity index (χ2n) is 3.97. The molecule has 0 heterocycles. The Balaban J connectivity index is 2.97. The van der Waals surface area contributed by atoms with Gasteiger partial charge in [-0.05, 0) is 18.2 Å². The lowest BCUT2D eigenvalue weighted by Gasteiger charge is -2.09. The fraction of sp³-hybridized carbons (Fsp3) is 0. The Morgan fingerprint density at radius 3 is 2.00 bits per heavy atom. The third-order valence-electron chi connectivity index (χ3n) is 2.65. The average molecular weight is 319 g/mol. The van der Waals surface area contributed by atoms with Crippen LogP contribution in [-0.4, -0.2) is 31.0 Å². The van der Waals surface area contributed by atoms with Crippen molar-refractivity contribution in [1.82, 2.24) is 0 Å². The molecule has 0 radical (unpaired) electrons. The molecule has 20 heavy (non-hydrogen) atoms. The van der Waals surface area contributed by atoms with E-state index in [0.29, 0.717) is 0 Å². The molecule has 0 amide bonds. The smallest absolute Gasteiger partial charge is 0.298 e. The first-order chi connectivity index (χ1) is 9.01. The van der Waals surface area contributed by atoms with E-state index in [9.17, 15) is 21.9 Å². The molecule has 0 aliphatic carbocycles. The van der Waals surface area contributed by atoms with E-state index in [-0.39, 0.29) is 16.5 Å². The van der Waals surface area contributed by atoms with Crippen LogP contribution in [0.4, 0.5) is 5.69 Å². The lowest BCUT2D eigenvalue weighted by Crippen LogP contribution is -2.02. The van der Waals surface area contributed by atoms with Crippen molar-refractivity contribution in [2.45, 2.75) is 9.79 Å². The molecule has 8 nitrogen and oxygen atoms in total. The summed E-state index contributed by atoms with van der Waals surface area (Å²) in [6, 6.07) is 3.94. The number of aromatic hydroxyl groups is 1. The predicted octanol–water partition coefficient (Wildman–Crippen LogP) is 0.621. The summed E-state index contributed by atoms with van der Waals surface area (Å²) in [7, 11) is -9.27. The van der Waals surface area contributed by atoms with E-state index in [4.69, 9.17) is 14.8 Å².